The van der Waals surface area contributed by atoms with Crippen LogP contribution in [0, 0.1) is 11.8 Å². The Morgan fingerprint density at radius 2 is 1.83 bits per heavy atom. The summed E-state index contributed by atoms with van der Waals surface area (Å²) in [7, 11) is 0. The molecule has 1 spiro atoms. The predicted octanol–water partition coefficient (Wildman–Crippen LogP) is 1.89. The summed E-state index contributed by atoms with van der Waals surface area (Å²) >= 11 is 0. The average molecular weight is 655 g/mol. The molecule has 48 heavy (non-hydrogen) atoms. The van der Waals surface area contributed by atoms with Crippen LogP contribution in [0.3, 0.4) is 0 Å². The van der Waals surface area contributed by atoms with Crippen molar-refractivity contribution in [1.29, 1.82) is 0 Å². The Morgan fingerprint density at radius 1 is 1.04 bits per heavy atom. The van der Waals surface area contributed by atoms with E-state index in [4.69, 9.17) is 9.47 Å². The van der Waals surface area contributed by atoms with Crippen LogP contribution in [0.4, 0.5) is 0 Å². The number of ether oxygens (including phenoxy) is 2. The number of nitrogens with one attached hydrogen (secondary N) is 1. The van der Waals surface area contributed by atoms with Crippen LogP contribution < -0.4 is 5.32 Å². The molecule has 2 aromatic carbocycles. The molecule has 2 N–H and O–H groups in total. The van der Waals surface area contributed by atoms with E-state index >= 15 is 0 Å². The van der Waals surface area contributed by atoms with Crippen LogP contribution in [0.15, 0.2) is 78.9 Å². The first-order valence-corrected chi connectivity index (χ1v) is 16.4. The van der Waals surface area contributed by atoms with Crippen LogP contribution in [-0.2, 0) is 35.3 Å². The summed E-state index contributed by atoms with van der Waals surface area (Å²) in [5, 5.41) is 22.0. The van der Waals surface area contributed by atoms with E-state index < -0.39 is 65.4 Å². The molecule has 2 saturated heterocycles. The van der Waals surface area contributed by atoms with Gasteiger partial charge in [0.25, 0.3) is 5.91 Å². The maximum absolute atomic E-state index is 14.9. The summed E-state index contributed by atoms with van der Waals surface area (Å²) in [5.41, 5.74) is 0.690. The lowest BCUT2D eigenvalue weighted by Gasteiger charge is -2.38. The topological polar surface area (TPSA) is 156 Å². The van der Waals surface area contributed by atoms with Gasteiger partial charge in [0.1, 0.15) is 30.4 Å². The van der Waals surface area contributed by atoms with Gasteiger partial charge in [-0.15, -0.1) is 5.10 Å². The standard InChI is InChI=1S/C35H38N6O7/c1-2-23(19-42)41-31-34(46)39(21-40-26-14-9-8-13-24(26)37-38-40)18-10-4-7-15-28(43)47-20-25(22-11-5-3-6-12-22)36-32(44)29-27-16-17-35(31,48-27)30(29)33(41)45/h3-6,8-14,16-17,23,25,27,29-31,42H,2,7,15,18-21H2,1H3,(H,36,44)/b10-4-/t23-,25+,27+,29-,30-,31+,35-/m0/s1. The summed E-state index contributed by atoms with van der Waals surface area (Å²) in [6.45, 7) is 1.52. The van der Waals surface area contributed by atoms with Gasteiger partial charge >= 0.3 is 5.97 Å². The van der Waals surface area contributed by atoms with Crippen molar-refractivity contribution in [2.24, 2.45) is 11.8 Å². The van der Waals surface area contributed by atoms with Gasteiger partial charge in [-0.05, 0) is 30.5 Å². The minimum absolute atomic E-state index is 0.0107. The van der Waals surface area contributed by atoms with Gasteiger partial charge in [-0.1, -0.05) is 78.9 Å². The fourth-order valence-corrected chi connectivity index (χ4v) is 7.51. The fraction of sp³-hybridized carbons (Fsp3) is 0.429. The summed E-state index contributed by atoms with van der Waals surface area (Å²) in [4.78, 5) is 59.3. The molecule has 7 rings (SSSR count). The van der Waals surface area contributed by atoms with Crippen molar-refractivity contribution >= 4 is 34.7 Å². The van der Waals surface area contributed by atoms with Gasteiger partial charge in [0.05, 0.1) is 42.1 Å². The Hall–Kier alpha value is -4.88. The zero-order valence-corrected chi connectivity index (χ0v) is 26.6. The number of esters is 1. The van der Waals surface area contributed by atoms with E-state index in [-0.39, 0.29) is 32.8 Å². The van der Waals surface area contributed by atoms with Crippen LogP contribution in [0.5, 0.6) is 0 Å². The Morgan fingerprint density at radius 3 is 2.62 bits per heavy atom. The highest BCUT2D eigenvalue weighted by Gasteiger charge is 2.73. The molecule has 5 heterocycles. The number of aliphatic hydroxyl groups excluding tert-OH is 1. The number of aliphatic hydroxyl groups is 1. The fourth-order valence-electron chi connectivity index (χ4n) is 7.51. The largest absolute Gasteiger partial charge is 0.463 e. The van der Waals surface area contributed by atoms with E-state index in [0.717, 1.165) is 11.1 Å². The Kier molecular flexibility index (Phi) is 8.56. The number of cyclic esters (lactones) is 1. The summed E-state index contributed by atoms with van der Waals surface area (Å²) in [5.74, 6) is -3.68. The molecule has 0 aliphatic carbocycles. The van der Waals surface area contributed by atoms with Crippen molar-refractivity contribution in [3.63, 3.8) is 0 Å². The van der Waals surface area contributed by atoms with E-state index in [2.05, 4.69) is 15.6 Å². The number of rotatable bonds is 6. The monoisotopic (exact) mass is 654 g/mol. The first kappa shape index (κ1) is 31.7. The lowest BCUT2D eigenvalue weighted by Crippen LogP contribution is -2.58. The van der Waals surface area contributed by atoms with Gasteiger partial charge in [-0.25, -0.2) is 4.68 Å². The maximum atomic E-state index is 14.9. The van der Waals surface area contributed by atoms with E-state index in [1.165, 1.54) is 4.90 Å². The normalized spacial score (nSPS) is 30.4. The number of likely N-dealkylation sites (tertiary alicyclic amines) is 1. The van der Waals surface area contributed by atoms with Crippen LogP contribution in [0.25, 0.3) is 11.0 Å². The van der Waals surface area contributed by atoms with Crippen molar-refractivity contribution in [2.75, 3.05) is 19.8 Å². The minimum atomic E-state index is -1.43. The molecule has 7 atom stereocenters. The number of hydrogen-bond acceptors (Lipinski definition) is 9. The van der Waals surface area contributed by atoms with Crippen molar-refractivity contribution in [1.82, 2.24) is 30.1 Å². The number of hydrogen-bond donors (Lipinski definition) is 2. The number of aromatic nitrogens is 3. The first-order chi connectivity index (χ1) is 23.4. The molecular formula is C35H38N6O7. The van der Waals surface area contributed by atoms with Crippen LogP contribution in [-0.4, -0.2) is 97.1 Å². The molecule has 2 fully saturated rings. The smallest absolute Gasteiger partial charge is 0.306 e. The third-order valence-corrected chi connectivity index (χ3v) is 9.90. The van der Waals surface area contributed by atoms with Gasteiger partial charge in [0.2, 0.25) is 11.8 Å². The number of amides is 3. The molecule has 4 aliphatic rings. The lowest BCUT2D eigenvalue weighted by atomic mass is 9.74. The van der Waals surface area contributed by atoms with Gasteiger partial charge in [-0.2, -0.15) is 0 Å². The molecule has 13 nitrogen and oxygen atoms in total. The lowest BCUT2D eigenvalue weighted by molar-refractivity contribution is -0.151. The van der Waals surface area contributed by atoms with Crippen LogP contribution in [0.2, 0.25) is 0 Å². The SMILES string of the molecule is CC[C@@H](CO)N1C(=O)[C@@H]2[C@H]3C(=O)N[C@@H](c4ccccc4)COC(=O)CC/C=C\CN(Cn4nnc5ccccc54)C(=O)[C@@H]1[C@]21C=C[C@H]3O1. The van der Waals surface area contributed by atoms with Gasteiger partial charge in [0.15, 0.2) is 0 Å². The summed E-state index contributed by atoms with van der Waals surface area (Å²) in [6.07, 6.45) is 7.22. The number of nitrogens with zero attached hydrogens (tertiary/aromatic N) is 5. The molecule has 4 aliphatic heterocycles. The van der Waals surface area contributed by atoms with Crippen molar-refractivity contribution in [2.45, 2.75) is 62.7 Å². The van der Waals surface area contributed by atoms with Gasteiger partial charge < -0.3 is 29.7 Å². The molecular weight excluding hydrogens is 616 g/mol. The molecule has 0 radical (unpaired) electrons. The van der Waals surface area contributed by atoms with E-state index in [1.807, 2.05) is 67.6 Å². The zero-order valence-electron chi connectivity index (χ0n) is 26.6. The van der Waals surface area contributed by atoms with Crippen molar-refractivity contribution in [3.05, 3.63) is 84.5 Å². The number of benzene rings is 2. The van der Waals surface area contributed by atoms with E-state index in [9.17, 15) is 24.3 Å². The average Bonchev–Trinajstić information content (AvgIpc) is 3.86. The number of carbonyl (C=O) groups is 4. The third kappa shape index (κ3) is 5.36. The second kappa shape index (κ2) is 13.0. The number of para-hydroxylation sites is 1. The Bertz CT molecular complexity index is 1770. The zero-order chi connectivity index (χ0) is 33.4. The number of fused-ring (bicyclic) bond motifs is 3. The van der Waals surface area contributed by atoms with Gasteiger partial charge in [-0.3, -0.25) is 19.2 Å². The third-order valence-electron chi connectivity index (χ3n) is 9.90. The second-order valence-electron chi connectivity index (χ2n) is 12.6. The van der Waals surface area contributed by atoms with Crippen molar-refractivity contribution in [3.8, 4) is 0 Å². The predicted molar refractivity (Wildman–Crippen MR) is 171 cm³/mol. The first-order valence-electron chi connectivity index (χ1n) is 16.4. The molecule has 0 unspecified atom stereocenters. The molecule has 3 aromatic rings. The molecule has 13 heteroatoms. The Balaban J connectivity index is 1.30. The highest BCUT2D eigenvalue weighted by atomic mass is 16.5. The Labute approximate surface area is 277 Å². The van der Waals surface area contributed by atoms with Crippen molar-refractivity contribution < 1.29 is 33.8 Å². The van der Waals surface area contributed by atoms with Crippen LogP contribution in [0.1, 0.15) is 37.8 Å². The highest BCUT2D eigenvalue weighted by molar-refractivity contribution is 6.00. The number of allylic oxidation sites excluding steroid dienone is 1. The quantitative estimate of drug-likeness (QED) is 0.299. The summed E-state index contributed by atoms with van der Waals surface area (Å²) in [6, 6.07) is 14.1. The van der Waals surface area contributed by atoms with E-state index in [0.29, 0.717) is 18.4 Å². The second-order valence-corrected chi connectivity index (χ2v) is 12.6. The maximum Gasteiger partial charge on any atom is 0.306 e. The molecule has 3 amide bonds. The van der Waals surface area contributed by atoms with E-state index in [1.54, 1.807) is 27.8 Å². The highest BCUT2D eigenvalue weighted by Crippen LogP contribution is 2.56. The molecule has 5 bridgehead atoms. The molecule has 1 aromatic heterocycles. The van der Waals surface area contributed by atoms with Gasteiger partial charge in [0, 0.05) is 13.0 Å². The molecule has 0 saturated carbocycles. The summed E-state index contributed by atoms with van der Waals surface area (Å²) < 4.78 is 13.8. The molecule has 250 valence electrons. The minimum Gasteiger partial charge on any atom is -0.463 e. The number of carbonyl (C=O) groups excluding carboxylic acids is 4. The van der Waals surface area contributed by atoms with Crippen LogP contribution >= 0.6 is 0 Å².